The minimum atomic E-state index is -0.282. The molecule has 1 aliphatic rings. The van der Waals surface area contributed by atoms with Crippen LogP contribution in [0, 0.1) is 19.3 Å². The number of anilines is 1. The molecular formula is C18H26N6O2. The van der Waals surface area contributed by atoms with Crippen LogP contribution in [0.2, 0.25) is 0 Å². The summed E-state index contributed by atoms with van der Waals surface area (Å²) in [7, 11) is 3.68. The van der Waals surface area contributed by atoms with E-state index in [0.717, 1.165) is 30.8 Å². The molecule has 0 saturated heterocycles. The molecule has 0 aliphatic heterocycles. The van der Waals surface area contributed by atoms with Gasteiger partial charge < -0.3 is 10.2 Å². The van der Waals surface area contributed by atoms with Crippen LogP contribution in [0.25, 0.3) is 0 Å². The van der Waals surface area contributed by atoms with Crippen LogP contribution in [-0.4, -0.2) is 46.1 Å². The smallest absolute Gasteiger partial charge is 0.269 e. The summed E-state index contributed by atoms with van der Waals surface area (Å²) in [6, 6.07) is 3.54. The average Bonchev–Trinajstić information content (AvgIpc) is 3.26. The summed E-state index contributed by atoms with van der Waals surface area (Å²) in [4.78, 5) is 26.1. The van der Waals surface area contributed by atoms with E-state index in [1.807, 2.05) is 32.6 Å². The molecule has 0 unspecified atom stereocenters. The van der Waals surface area contributed by atoms with E-state index in [9.17, 15) is 9.59 Å². The largest absolute Gasteiger partial charge is 0.376 e. The number of carbonyl (C=O) groups is 1. The van der Waals surface area contributed by atoms with Gasteiger partial charge in [0.1, 0.15) is 6.54 Å². The van der Waals surface area contributed by atoms with E-state index in [-0.39, 0.29) is 23.4 Å². The van der Waals surface area contributed by atoms with E-state index < -0.39 is 0 Å². The Hall–Kier alpha value is -2.64. The number of carbonyl (C=O) groups excluding carboxylic acids is 1. The lowest BCUT2D eigenvalue weighted by Crippen LogP contribution is -2.37. The minimum absolute atomic E-state index is 0.0669. The van der Waals surface area contributed by atoms with Gasteiger partial charge >= 0.3 is 0 Å². The van der Waals surface area contributed by atoms with Crippen molar-refractivity contribution in [2.24, 2.45) is 5.41 Å². The van der Waals surface area contributed by atoms with Gasteiger partial charge in [-0.25, -0.2) is 4.68 Å². The van der Waals surface area contributed by atoms with Crippen LogP contribution in [0.1, 0.15) is 24.2 Å². The number of nitrogens with one attached hydrogen (secondary N) is 1. The van der Waals surface area contributed by atoms with Gasteiger partial charge in [0.05, 0.1) is 17.6 Å². The Kier molecular flexibility index (Phi) is 4.84. The number of aryl methyl sites for hydroxylation is 2. The molecule has 1 fully saturated rings. The molecular weight excluding hydrogens is 332 g/mol. The molecule has 1 N–H and O–H groups in total. The van der Waals surface area contributed by atoms with Crippen LogP contribution in [0.5, 0.6) is 0 Å². The Labute approximate surface area is 152 Å². The quantitative estimate of drug-likeness (QED) is 0.788. The van der Waals surface area contributed by atoms with Gasteiger partial charge in [-0.1, -0.05) is 0 Å². The van der Waals surface area contributed by atoms with Gasteiger partial charge in [0.2, 0.25) is 5.91 Å². The van der Waals surface area contributed by atoms with Crippen molar-refractivity contribution in [3.63, 3.8) is 0 Å². The fourth-order valence-corrected chi connectivity index (χ4v) is 2.99. The van der Waals surface area contributed by atoms with E-state index >= 15 is 0 Å². The normalized spacial score (nSPS) is 14.9. The second-order valence-corrected chi connectivity index (χ2v) is 7.47. The maximum Gasteiger partial charge on any atom is 0.269 e. The van der Waals surface area contributed by atoms with Crippen molar-refractivity contribution in [1.82, 2.24) is 24.9 Å². The summed E-state index contributed by atoms with van der Waals surface area (Å²) in [6.07, 6.45) is 3.72. The van der Waals surface area contributed by atoms with Crippen LogP contribution < -0.4 is 15.8 Å². The summed E-state index contributed by atoms with van der Waals surface area (Å²) in [5.41, 5.74) is 2.65. The third kappa shape index (κ3) is 4.12. The van der Waals surface area contributed by atoms with Gasteiger partial charge in [0.15, 0.2) is 0 Å². The number of aromatic nitrogens is 4. The first-order chi connectivity index (χ1) is 12.3. The van der Waals surface area contributed by atoms with Crippen LogP contribution in [0.4, 0.5) is 5.69 Å². The predicted octanol–water partition coefficient (Wildman–Crippen LogP) is 0.719. The molecule has 0 radical (unpaired) electrons. The summed E-state index contributed by atoms with van der Waals surface area (Å²) in [6.45, 7) is 5.36. The van der Waals surface area contributed by atoms with Crippen LogP contribution >= 0.6 is 0 Å². The number of nitrogens with zero attached hydrogens (tertiary/aromatic N) is 5. The highest BCUT2D eigenvalue weighted by Gasteiger charge is 2.43. The molecule has 8 nitrogen and oxygen atoms in total. The maximum atomic E-state index is 12.2. The Morgan fingerprint density at radius 1 is 1.27 bits per heavy atom. The summed E-state index contributed by atoms with van der Waals surface area (Å²) in [5.74, 6) is -0.197. The van der Waals surface area contributed by atoms with Gasteiger partial charge in [-0.15, -0.1) is 0 Å². The highest BCUT2D eigenvalue weighted by Crippen LogP contribution is 2.46. The predicted molar refractivity (Wildman–Crippen MR) is 99.2 cm³/mol. The lowest BCUT2D eigenvalue weighted by Gasteiger charge is -2.17. The minimum Gasteiger partial charge on any atom is -0.376 e. The highest BCUT2D eigenvalue weighted by atomic mass is 16.2. The van der Waals surface area contributed by atoms with Crippen molar-refractivity contribution in [2.45, 2.75) is 39.8 Å². The SMILES string of the molecule is Cc1cc(C)n(CC2(CNC(=O)Cn3ncc(N(C)C)cc3=O)CC2)n1. The van der Waals surface area contributed by atoms with E-state index in [2.05, 4.69) is 21.6 Å². The lowest BCUT2D eigenvalue weighted by atomic mass is 10.1. The molecule has 26 heavy (non-hydrogen) atoms. The van der Waals surface area contributed by atoms with E-state index in [0.29, 0.717) is 12.2 Å². The van der Waals surface area contributed by atoms with Gasteiger partial charge in [-0.05, 0) is 32.8 Å². The zero-order valence-corrected chi connectivity index (χ0v) is 15.8. The first kappa shape index (κ1) is 18.2. The number of hydrogen-bond donors (Lipinski definition) is 1. The molecule has 3 rings (SSSR count). The molecule has 2 aromatic rings. The van der Waals surface area contributed by atoms with Crippen molar-refractivity contribution in [3.8, 4) is 0 Å². The molecule has 8 heteroatoms. The Bertz CT molecular complexity index is 863. The fourth-order valence-electron chi connectivity index (χ4n) is 2.99. The van der Waals surface area contributed by atoms with Gasteiger partial charge in [0.25, 0.3) is 5.56 Å². The summed E-state index contributed by atoms with van der Waals surface area (Å²) >= 11 is 0. The zero-order chi connectivity index (χ0) is 18.9. The van der Waals surface area contributed by atoms with Crippen molar-refractivity contribution < 1.29 is 4.79 Å². The number of rotatable bonds is 7. The van der Waals surface area contributed by atoms with Crippen molar-refractivity contribution in [2.75, 3.05) is 25.5 Å². The van der Waals surface area contributed by atoms with Crippen LogP contribution in [-0.2, 0) is 17.9 Å². The van der Waals surface area contributed by atoms with E-state index in [1.54, 1.807) is 11.1 Å². The molecule has 0 aromatic carbocycles. The molecule has 0 spiro atoms. The second-order valence-electron chi connectivity index (χ2n) is 7.47. The third-order valence-electron chi connectivity index (χ3n) is 4.87. The number of hydrogen-bond acceptors (Lipinski definition) is 5. The molecule has 2 heterocycles. The molecule has 2 aromatic heterocycles. The van der Waals surface area contributed by atoms with Crippen LogP contribution in [0.15, 0.2) is 23.1 Å². The molecule has 1 amide bonds. The Balaban J connectivity index is 1.56. The highest BCUT2D eigenvalue weighted by molar-refractivity contribution is 5.75. The molecule has 140 valence electrons. The molecule has 1 saturated carbocycles. The van der Waals surface area contributed by atoms with Gasteiger partial charge in [-0.2, -0.15) is 10.2 Å². The van der Waals surface area contributed by atoms with Gasteiger partial charge in [-0.3, -0.25) is 14.3 Å². The second kappa shape index (κ2) is 6.93. The average molecular weight is 358 g/mol. The molecule has 1 aliphatic carbocycles. The Morgan fingerprint density at radius 2 is 2.00 bits per heavy atom. The Morgan fingerprint density at radius 3 is 2.54 bits per heavy atom. The summed E-state index contributed by atoms with van der Waals surface area (Å²) in [5, 5.41) is 11.5. The van der Waals surface area contributed by atoms with Crippen molar-refractivity contribution in [3.05, 3.63) is 40.1 Å². The third-order valence-corrected chi connectivity index (χ3v) is 4.87. The van der Waals surface area contributed by atoms with Crippen LogP contribution in [0.3, 0.4) is 0 Å². The first-order valence-corrected chi connectivity index (χ1v) is 8.80. The van der Waals surface area contributed by atoms with E-state index in [1.165, 1.54) is 10.7 Å². The molecule has 0 bridgehead atoms. The maximum absolute atomic E-state index is 12.2. The lowest BCUT2D eigenvalue weighted by molar-refractivity contribution is -0.122. The first-order valence-electron chi connectivity index (χ1n) is 8.80. The summed E-state index contributed by atoms with van der Waals surface area (Å²) < 4.78 is 3.20. The standard InChI is InChI=1S/C18H26N6O2/c1-13-7-14(2)24(21-13)12-18(5-6-18)11-19-16(25)10-23-17(26)8-15(9-20-23)22(3)4/h7-9H,5-6,10-12H2,1-4H3,(H,19,25). The monoisotopic (exact) mass is 358 g/mol. The zero-order valence-electron chi connectivity index (χ0n) is 15.8. The van der Waals surface area contributed by atoms with Crippen molar-refractivity contribution >= 4 is 11.6 Å². The van der Waals surface area contributed by atoms with Crippen molar-refractivity contribution in [1.29, 1.82) is 0 Å². The van der Waals surface area contributed by atoms with E-state index in [4.69, 9.17) is 0 Å². The molecule has 0 atom stereocenters. The fraction of sp³-hybridized carbons (Fsp3) is 0.556. The number of amides is 1. The topological polar surface area (TPSA) is 85.0 Å². The van der Waals surface area contributed by atoms with Gasteiger partial charge in [0, 0.05) is 44.4 Å².